The molecule has 1 aliphatic carbocycles. The van der Waals surface area contributed by atoms with Crippen molar-refractivity contribution in [1.82, 2.24) is 10.2 Å². The van der Waals surface area contributed by atoms with Gasteiger partial charge < -0.3 is 10.2 Å². The van der Waals surface area contributed by atoms with Crippen LogP contribution < -0.4 is 5.32 Å². The fourth-order valence-electron chi connectivity index (χ4n) is 3.12. The first kappa shape index (κ1) is 15.0. The molecule has 0 bridgehead atoms. The van der Waals surface area contributed by atoms with Crippen LogP contribution in [0.15, 0.2) is 0 Å². The summed E-state index contributed by atoms with van der Waals surface area (Å²) in [5.41, 5.74) is 0.459. The molecular formula is C15H32N2. The van der Waals surface area contributed by atoms with Gasteiger partial charge >= 0.3 is 0 Å². The van der Waals surface area contributed by atoms with Crippen LogP contribution in [0.25, 0.3) is 0 Å². The topological polar surface area (TPSA) is 15.3 Å². The number of nitrogens with zero attached hydrogens (tertiary/aromatic N) is 1. The van der Waals surface area contributed by atoms with Gasteiger partial charge in [-0.15, -0.1) is 0 Å². The van der Waals surface area contributed by atoms with E-state index in [0.29, 0.717) is 11.5 Å². The second-order valence-electron chi connectivity index (χ2n) is 6.36. The zero-order valence-electron chi connectivity index (χ0n) is 12.6. The van der Waals surface area contributed by atoms with Crippen LogP contribution >= 0.6 is 0 Å². The summed E-state index contributed by atoms with van der Waals surface area (Å²) >= 11 is 0. The summed E-state index contributed by atoms with van der Waals surface area (Å²) in [7, 11) is 2.31. The first-order chi connectivity index (χ1) is 8.03. The Hall–Kier alpha value is -0.0800. The summed E-state index contributed by atoms with van der Waals surface area (Å²) in [6.07, 6.45) is 6.57. The lowest BCUT2D eigenvalue weighted by atomic mass is 9.86. The number of unbranched alkanes of at least 4 members (excludes halogenated alkanes) is 1. The third-order valence-electron chi connectivity index (χ3n) is 4.36. The Balaban J connectivity index is 2.57. The second-order valence-corrected chi connectivity index (χ2v) is 6.36. The van der Waals surface area contributed by atoms with Crippen LogP contribution in [0, 0.1) is 5.41 Å². The molecule has 0 saturated heterocycles. The van der Waals surface area contributed by atoms with E-state index < -0.39 is 0 Å². The zero-order chi connectivity index (χ0) is 12.9. The van der Waals surface area contributed by atoms with Crippen LogP contribution in [0.5, 0.6) is 0 Å². The van der Waals surface area contributed by atoms with Gasteiger partial charge in [0.25, 0.3) is 0 Å². The van der Waals surface area contributed by atoms with Crippen LogP contribution in [0.4, 0.5) is 0 Å². The lowest BCUT2D eigenvalue weighted by Gasteiger charge is -2.36. The van der Waals surface area contributed by atoms with Crippen molar-refractivity contribution in [3.05, 3.63) is 0 Å². The van der Waals surface area contributed by atoms with Gasteiger partial charge in [0, 0.05) is 12.1 Å². The Morgan fingerprint density at radius 3 is 2.53 bits per heavy atom. The number of rotatable bonds is 7. The molecule has 0 spiro atoms. The van der Waals surface area contributed by atoms with Crippen LogP contribution in [-0.4, -0.2) is 37.1 Å². The van der Waals surface area contributed by atoms with Crippen LogP contribution in [-0.2, 0) is 0 Å². The van der Waals surface area contributed by atoms with Crippen LogP contribution in [0.3, 0.4) is 0 Å². The third-order valence-corrected chi connectivity index (χ3v) is 4.36. The summed E-state index contributed by atoms with van der Waals surface area (Å²) in [6.45, 7) is 11.8. The maximum atomic E-state index is 3.79. The largest absolute Gasteiger partial charge is 0.312 e. The third kappa shape index (κ3) is 3.96. The van der Waals surface area contributed by atoms with E-state index in [1.807, 2.05) is 0 Å². The standard InChI is InChI=1S/C15H32N2/c1-6-8-12-17(5)13-9-10-15(3,4)14(13)16-11-7-2/h13-14,16H,6-12H2,1-5H3. The van der Waals surface area contributed by atoms with Gasteiger partial charge in [0.1, 0.15) is 0 Å². The summed E-state index contributed by atoms with van der Waals surface area (Å²) in [5, 5.41) is 3.79. The van der Waals surface area contributed by atoms with Gasteiger partial charge in [0.05, 0.1) is 0 Å². The van der Waals surface area contributed by atoms with E-state index in [-0.39, 0.29) is 0 Å². The highest BCUT2D eigenvalue weighted by Gasteiger charge is 2.42. The molecule has 102 valence electrons. The van der Waals surface area contributed by atoms with E-state index in [2.05, 4.69) is 45.0 Å². The van der Waals surface area contributed by atoms with Crippen LogP contribution in [0.2, 0.25) is 0 Å². The van der Waals surface area contributed by atoms with Crippen molar-refractivity contribution in [2.24, 2.45) is 5.41 Å². The molecule has 0 aliphatic heterocycles. The minimum Gasteiger partial charge on any atom is -0.312 e. The quantitative estimate of drug-likeness (QED) is 0.735. The molecule has 2 atom stereocenters. The van der Waals surface area contributed by atoms with Gasteiger partial charge in [-0.2, -0.15) is 0 Å². The molecule has 0 aromatic carbocycles. The summed E-state index contributed by atoms with van der Waals surface area (Å²) < 4.78 is 0. The Morgan fingerprint density at radius 1 is 1.24 bits per heavy atom. The zero-order valence-corrected chi connectivity index (χ0v) is 12.6. The maximum absolute atomic E-state index is 3.79. The Labute approximate surface area is 108 Å². The van der Waals surface area contributed by atoms with E-state index in [0.717, 1.165) is 12.6 Å². The van der Waals surface area contributed by atoms with Gasteiger partial charge in [-0.3, -0.25) is 0 Å². The fourth-order valence-corrected chi connectivity index (χ4v) is 3.12. The molecule has 0 aromatic heterocycles. The van der Waals surface area contributed by atoms with Crippen molar-refractivity contribution in [3.8, 4) is 0 Å². The molecule has 1 saturated carbocycles. The van der Waals surface area contributed by atoms with E-state index in [1.54, 1.807) is 0 Å². The predicted octanol–water partition coefficient (Wildman–Crippen LogP) is 3.28. The van der Waals surface area contributed by atoms with Crippen molar-refractivity contribution in [2.45, 2.75) is 71.9 Å². The number of nitrogens with one attached hydrogen (secondary N) is 1. The highest BCUT2D eigenvalue weighted by molar-refractivity contribution is 5.00. The smallest absolute Gasteiger partial charge is 0.0274 e. The minimum atomic E-state index is 0.459. The molecule has 0 radical (unpaired) electrons. The van der Waals surface area contributed by atoms with Crippen molar-refractivity contribution < 1.29 is 0 Å². The second kappa shape index (κ2) is 6.75. The van der Waals surface area contributed by atoms with Gasteiger partial charge in [-0.1, -0.05) is 34.1 Å². The molecule has 0 heterocycles. The Bertz CT molecular complexity index is 213. The first-order valence-electron chi connectivity index (χ1n) is 7.46. The average Bonchev–Trinajstić information content (AvgIpc) is 2.59. The van der Waals surface area contributed by atoms with Gasteiger partial charge in [-0.05, 0) is 51.2 Å². The average molecular weight is 240 g/mol. The SMILES string of the molecule is CCCCN(C)C1CCC(C)(C)C1NCCC. The lowest BCUT2D eigenvalue weighted by Crippen LogP contribution is -2.51. The van der Waals surface area contributed by atoms with E-state index in [4.69, 9.17) is 0 Å². The van der Waals surface area contributed by atoms with Gasteiger partial charge in [-0.25, -0.2) is 0 Å². The van der Waals surface area contributed by atoms with Crippen molar-refractivity contribution >= 4 is 0 Å². The van der Waals surface area contributed by atoms with Crippen molar-refractivity contribution in [2.75, 3.05) is 20.1 Å². The van der Waals surface area contributed by atoms with Gasteiger partial charge in [0.2, 0.25) is 0 Å². The van der Waals surface area contributed by atoms with Crippen molar-refractivity contribution in [1.29, 1.82) is 0 Å². The summed E-state index contributed by atoms with van der Waals surface area (Å²) in [5.74, 6) is 0. The lowest BCUT2D eigenvalue weighted by molar-refractivity contribution is 0.169. The van der Waals surface area contributed by atoms with Crippen LogP contribution in [0.1, 0.15) is 59.8 Å². The molecule has 0 amide bonds. The Morgan fingerprint density at radius 2 is 1.94 bits per heavy atom. The molecule has 2 unspecified atom stereocenters. The normalized spacial score (nSPS) is 27.9. The molecule has 2 nitrogen and oxygen atoms in total. The van der Waals surface area contributed by atoms with Gasteiger partial charge in [0.15, 0.2) is 0 Å². The molecule has 1 aliphatic rings. The highest BCUT2D eigenvalue weighted by Crippen LogP contribution is 2.39. The number of likely N-dealkylation sites (N-methyl/N-ethyl adjacent to an activating group) is 1. The molecule has 1 rings (SSSR count). The predicted molar refractivity (Wildman–Crippen MR) is 76.4 cm³/mol. The minimum absolute atomic E-state index is 0.459. The van der Waals surface area contributed by atoms with E-state index >= 15 is 0 Å². The first-order valence-corrected chi connectivity index (χ1v) is 7.46. The Kier molecular flexibility index (Phi) is 5.94. The maximum Gasteiger partial charge on any atom is 0.0274 e. The molecule has 0 aromatic rings. The number of hydrogen-bond donors (Lipinski definition) is 1. The van der Waals surface area contributed by atoms with Crippen molar-refractivity contribution in [3.63, 3.8) is 0 Å². The molecule has 2 heteroatoms. The van der Waals surface area contributed by atoms with E-state index in [1.165, 1.54) is 38.6 Å². The molecule has 1 N–H and O–H groups in total. The monoisotopic (exact) mass is 240 g/mol. The summed E-state index contributed by atoms with van der Waals surface area (Å²) in [4.78, 5) is 2.59. The molecule has 17 heavy (non-hydrogen) atoms. The van der Waals surface area contributed by atoms with E-state index in [9.17, 15) is 0 Å². The summed E-state index contributed by atoms with van der Waals surface area (Å²) in [6, 6.07) is 1.41. The highest BCUT2D eigenvalue weighted by atomic mass is 15.2. The molecule has 1 fully saturated rings. The molecular weight excluding hydrogens is 208 g/mol. The fraction of sp³-hybridized carbons (Fsp3) is 1.00. The number of hydrogen-bond acceptors (Lipinski definition) is 2.